The van der Waals surface area contributed by atoms with Crippen LogP contribution in [0, 0.1) is 22.9 Å². The Morgan fingerprint density at radius 3 is 2.60 bits per heavy atom. The van der Waals surface area contributed by atoms with Crippen LogP contribution in [0.4, 0.5) is 10.1 Å². The van der Waals surface area contributed by atoms with Crippen molar-refractivity contribution in [3.05, 3.63) is 81.4 Å². The van der Waals surface area contributed by atoms with Crippen molar-refractivity contribution in [2.75, 3.05) is 0 Å². The lowest BCUT2D eigenvalue weighted by molar-refractivity contribution is -0.383. The van der Waals surface area contributed by atoms with Gasteiger partial charge in [-0.3, -0.25) is 14.9 Å². The molecule has 6 nitrogen and oxygen atoms in total. The summed E-state index contributed by atoms with van der Waals surface area (Å²) in [5, 5.41) is 14.7. The molecule has 0 unspecified atom stereocenters. The summed E-state index contributed by atoms with van der Waals surface area (Å²) in [6.45, 7) is 1.87. The largest absolute Gasteiger partial charge is 0.347 e. The zero-order valence-corrected chi connectivity index (χ0v) is 13.3. The second-order valence-electron chi connectivity index (χ2n) is 5.55. The van der Waals surface area contributed by atoms with E-state index in [4.69, 9.17) is 0 Å². The second kappa shape index (κ2) is 6.64. The lowest BCUT2D eigenvalue weighted by Gasteiger charge is -2.09. The fourth-order valence-corrected chi connectivity index (χ4v) is 2.59. The monoisotopic (exact) mass is 339 g/mol. The van der Waals surface area contributed by atoms with Crippen LogP contribution in [0.25, 0.3) is 10.8 Å². The topological polar surface area (TPSA) is 85.1 Å². The molecule has 126 valence electrons. The number of non-ortho nitro benzene ring substituents is 1. The normalized spacial score (nSPS) is 10.6. The van der Waals surface area contributed by atoms with Gasteiger partial charge in [0, 0.05) is 23.7 Å². The SMILES string of the molecule is Cc1cc2c([N+](=O)[O-])cccc2c(C(=O)NCc2ccc(F)cc2)n1. The lowest BCUT2D eigenvalue weighted by atomic mass is 10.1. The highest BCUT2D eigenvalue weighted by Crippen LogP contribution is 2.27. The van der Waals surface area contributed by atoms with Crippen LogP contribution in [0.5, 0.6) is 0 Å². The molecule has 2 aromatic carbocycles. The van der Waals surface area contributed by atoms with Crippen LogP contribution in [0.2, 0.25) is 0 Å². The second-order valence-corrected chi connectivity index (χ2v) is 5.55. The molecule has 0 radical (unpaired) electrons. The Balaban J connectivity index is 1.94. The summed E-state index contributed by atoms with van der Waals surface area (Å²) in [4.78, 5) is 27.5. The molecule has 1 N–H and O–H groups in total. The van der Waals surface area contributed by atoms with Gasteiger partial charge in [-0.2, -0.15) is 0 Å². The molecule has 0 spiro atoms. The number of fused-ring (bicyclic) bond motifs is 1. The van der Waals surface area contributed by atoms with Crippen molar-refractivity contribution in [2.24, 2.45) is 0 Å². The summed E-state index contributed by atoms with van der Waals surface area (Å²) >= 11 is 0. The van der Waals surface area contributed by atoms with Gasteiger partial charge in [-0.15, -0.1) is 0 Å². The Morgan fingerprint density at radius 1 is 1.20 bits per heavy atom. The number of rotatable bonds is 4. The molecule has 3 rings (SSSR count). The van der Waals surface area contributed by atoms with Crippen LogP contribution < -0.4 is 5.32 Å². The third-order valence-electron chi connectivity index (χ3n) is 3.76. The van der Waals surface area contributed by atoms with E-state index in [1.807, 2.05) is 0 Å². The van der Waals surface area contributed by atoms with Crippen molar-refractivity contribution in [3.63, 3.8) is 0 Å². The van der Waals surface area contributed by atoms with Crippen LogP contribution in [-0.4, -0.2) is 15.8 Å². The molecule has 0 aliphatic heterocycles. The Morgan fingerprint density at radius 2 is 1.92 bits per heavy atom. The van der Waals surface area contributed by atoms with Gasteiger partial charge in [0.25, 0.3) is 11.6 Å². The maximum Gasteiger partial charge on any atom is 0.277 e. The Labute approximate surface area is 142 Å². The minimum absolute atomic E-state index is 0.0735. The summed E-state index contributed by atoms with van der Waals surface area (Å²) in [7, 11) is 0. The number of nitro groups is 1. The van der Waals surface area contributed by atoms with Gasteiger partial charge >= 0.3 is 0 Å². The number of carbonyl (C=O) groups is 1. The number of pyridine rings is 1. The summed E-state index contributed by atoms with van der Waals surface area (Å²) in [5.41, 5.74) is 1.29. The van der Waals surface area contributed by atoms with Gasteiger partial charge in [0.05, 0.1) is 10.3 Å². The van der Waals surface area contributed by atoms with Crippen molar-refractivity contribution in [2.45, 2.75) is 13.5 Å². The van der Waals surface area contributed by atoms with Crippen molar-refractivity contribution >= 4 is 22.4 Å². The highest BCUT2D eigenvalue weighted by atomic mass is 19.1. The molecule has 0 bridgehead atoms. The van der Waals surface area contributed by atoms with Gasteiger partial charge in [0.1, 0.15) is 11.5 Å². The third kappa shape index (κ3) is 3.45. The van der Waals surface area contributed by atoms with E-state index in [0.29, 0.717) is 16.5 Å². The van der Waals surface area contributed by atoms with E-state index in [0.717, 1.165) is 5.56 Å². The molecule has 25 heavy (non-hydrogen) atoms. The standard InChI is InChI=1S/C18H14FN3O3/c1-11-9-15-14(3-2-4-16(15)22(24)25)17(21-11)18(23)20-10-12-5-7-13(19)8-6-12/h2-9H,10H2,1H3,(H,20,23). The number of halogens is 1. The lowest BCUT2D eigenvalue weighted by Crippen LogP contribution is -2.24. The first-order chi connectivity index (χ1) is 12.0. The quantitative estimate of drug-likeness (QED) is 0.582. The predicted octanol–water partition coefficient (Wildman–Crippen LogP) is 3.52. The minimum atomic E-state index is -0.484. The first-order valence-electron chi connectivity index (χ1n) is 7.53. The van der Waals surface area contributed by atoms with Crippen LogP contribution in [0.15, 0.2) is 48.5 Å². The number of nitrogens with zero attached hydrogens (tertiary/aromatic N) is 2. The smallest absolute Gasteiger partial charge is 0.277 e. The summed E-state index contributed by atoms with van der Waals surface area (Å²) in [6, 6.07) is 11.9. The minimum Gasteiger partial charge on any atom is -0.347 e. The average Bonchev–Trinajstić information content (AvgIpc) is 2.59. The molecule has 1 aromatic heterocycles. The van der Waals surface area contributed by atoms with E-state index in [9.17, 15) is 19.3 Å². The molecule has 0 saturated carbocycles. The van der Waals surface area contributed by atoms with E-state index >= 15 is 0 Å². The number of aryl methyl sites for hydroxylation is 1. The number of amides is 1. The van der Waals surface area contributed by atoms with E-state index in [1.165, 1.54) is 24.3 Å². The first-order valence-corrected chi connectivity index (χ1v) is 7.53. The van der Waals surface area contributed by atoms with Crippen LogP contribution in [-0.2, 0) is 6.54 Å². The molecule has 1 heterocycles. The van der Waals surface area contributed by atoms with E-state index in [2.05, 4.69) is 10.3 Å². The summed E-state index contributed by atoms with van der Waals surface area (Å²) in [5.74, 6) is -0.799. The molecular formula is C18H14FN3O3. The molecule has 0 atom stereocenters. The fourth-order valence-electron chi connectivity index (χ4n) is 2.59. The number of carbonyl (C=O) groups excluding carboxylic acids is 1. The molecule has 0 fully saturated rings. The van der Waals surface area contributed by atoms with Gasteiger partial charge in [-0.1, -0.05) is 24.3 Å². The molecule has 0 saturated heterocycles. The Kier molecular flexibility index (Phi) is 4.38. The van der Waals surface area contributed by atoms with Gasteiger partial charge in [0.15, 0.2) is 0 Å². The van der Waals surface area contributed by atoms with E-state index in [1.54, 1.807) is 31.2 Å². The van der Waals surface area contributed by atoms with Crippen molar-refractivity contribution < 1.29 is 14.1 Å². The highest BCUT2D eigenvalue weighted by molar-refractivity contribution is 6.07. The summed E-state index contributed by atoms with van der Waals surface area (Å²) < 4.78 is 12.9. The molecule has 1 amide bonds. The molecular weight excluding hydrogens is 325 g/mol. The van der Waals surface area contributed by atoms with Crippen LogP contribution in [0.1, 0.15) is 21.7 Å². The number of nitrogens with one attached hydrogen (secondary N) is 1. The summed E-state index contributed by atoms with van der Waals surface area (Å²) in [6.07, 6.45) is 0. The Hall–Kier alpha value is -3.35. The zero-order valence-electron chi connectivity index (χ0n) is 13.3. The fraction of sp³-hybridized carbons (Fsp3) is 0.111. The maximum absolute atomic E-state index is 12.9. The van der Waals surface area contributed by atoms with Crippen molar-refractivity contribution in [1.29, 1.82) is 0 Å². The highest BCUT2D eigenvalue weighted by Gasteiger charge is 2.18. The maximum atomic E-state index is 12.9. The molecule has 7 heteroatoms. The molecule has 0 aliphatic rings. The van der Waals surface area contributed by atoms with Gasteiger partial charge in [-0.25, -0.2) is 9.37 Å². The average molecular weight is 339 g/mol. The van der Waals surface area contributed by atoms with Crippen LogP contribution in [0.3, 0.4) is 0 Å². The molecule has 0 aliphatic carbocycles. The zero-order chi connectivity index (χ0) is 18.0. The van der Waals surface area contributed by atoms with Gasteiger partial charge < -0.3 is 5.32 Å². The van der Waals surface area contributed by atoms with Crippen LogP contribution >= 0.6 is 0 Å². The number of benzene rings is 2. The third-order valence-corrected chi connectivity index (χ3v) is 3.76. The van der Waals surface area contributed by atoms with E-state index in [-0.39, 0.29) is 23.7 Å². The first kappa shape index (κ1) is 16.5. The van der Waals surface area contributed by atoms with Crippen molar-refractivity contribution in [1.82, 2.24) is 10.3 Å². The van der Waals surface area contributed by atoms with Crippen molar-refractivity contribution in [3.8, 4) is 0 Å². The number of hydrogen-bond acceptors (Lipinski definition) is 4. The Bertz CT molecular complexity index is 971. The number of hydrogen-bond donors (Lipinski definition) is 1. The van der Waals surface area contributed by atoms with Gasteiger partial charge in [-0.05, 0) is 30.7 Å². The molecule has 3 aromatic rings. The predicted molar refractivity (Wildman–Crippen MR) is 90.7 cm³/mol. The van der Waals surface area contributed by atoms with E-state index < -0.39 is 10.8 Å². The van der Waals surface area contributed by atoms with Gasteiger partial charge in [0.2, 0.25) is 0 Å². The number of nitro benzene ring substituents is 1. The number of aromatic nitrogens is 1.